The van der Waals surface area contributed by atoms with Crippen LogP contribution >= 0.6 is 24.0 Å². The van der Waals surface area contributed by atoms with E-state index in [1.165, 1.54) is 11.1 Å². The number of aliphatic imine (C=N–C) groups is 1. The minimum atomic E-state index is 0. The smallest absolute Gasteiger partial charge is 0.191 e. The highest BCUT2D eigenvalue weighted by molar-refractivity contribution is 14.0. The van der Waals surface area contributed by atoms with Crippen molar-refractivity contribution in [3.05, 3.63) is 65.2 Å². The number of ether oxygens (including phenoxy) is 1. The highest BCUT2D eigenvalue weighted by Gasteiger charge is 2.07. The summed E-state index contributed by atoms with van der Waals surface area (Å²) in [6, 6.07) is 16.7. The van der Waals surface area contributed by atoms with Crippen LogP contribution in [0.1, 0.15) is 23.6 Å². The lowest BCUT2D eigenvalue weighted by Crippen LogP contribution is -2.41. The van der Waals surface area contributed by atoms with Crippen LogP contribution in [0, 0.1) is 6.92 Å². The number of hydrogen-bond acceptors (Lipinski definition) is 3. The Hall–Kier alpha value is -1.80. The van der Waals surface area contributed by atoms with Gasteiger partial charge in [0.1, 0.15) is 11.9 Å². The molecule has 6 heteroatoms. The maximum atomic E-state index is 6.00. The van der Waals surface area contributed by atoms with Gasteiger partial charge in [0.2, 0.25) is 0 Å². The van der Waals surface area contributed by atoms with E-state index in [1.807, 2.05) is 18.2 Å². The number of hydrogen-bond donors (Lipinski definition) is 2. The number of rotatable bonds is 8. The SMILES string of the molecule is CN=C(NCc1ccc(CN(C)C)cc1)NCC(C)Oc1ccccc1C.I. The van der Waals surface area contributed by atoms with Gasteiger partial charge in [-0.15, -0.1) is 24.0 Å². The fourth-order valence-electron chi connectivity index (χ4n) is 2.72. The van der Waals surface area contributed by atoms with E-state index in [9.17, 15) is 0 Å². The molecule has 5 nitrogen and oxygen atoms in total. The van der Waals surface area contributed by atoms with Crippen LogP contribution in [0.5, 0.6) is 5.75 Å². The number of aryl methyl sites for hydroxylation is 1. The van der Waals surface area contributed by atoms with Crippen LogP contribution in [0.25, 0.3) is 0 Å². The van der Waals surface area contributed by atoms with Crippen molar-refractivity contribution in [1.82, 2.24) is 15.5 Å². The number of nitrogens with zero attached hydrogens (tertiary/aromatic N) is 2. The highest BCUT2D eigenvalue weighted by atomic mass is 127. The minimum absolute atomic E-state index is 0. The summed E-state index contributed by atoms with van der Waals surface area (Å²) in [4.78, 5) is 6.45. The van der Waals surface area contributed by atoms with Gasteiger partial charge in [0.05, 0.1) is 6.54 Å². The lowest BCUT2D eigenvalue weighted by Gasteiger charge is -2.19. The Morgan fingerprint density at radius 3 is 2.29 bits per heavy atom. The molecule has 0 heterocycles. The first kappa shape index (κ1) is 24.2. The molecule has 0 aromatic heterocycles. The van der Waals surface area contributed by atoms with Crippen molar-refractivity contribution in [2.45, 2.75) is 33.0 Å². The Kier molecular flexibility index (Phi) is 10.9. The average Bonchev–Trinajstić information content (AvgIpc) is 2.64. The molecule has 0 saturated carbocycles. The van der Waals surface area contributed by atoms with Crippen molar-refractivity contribution in [1.29, 1.82) is 0 Å². The summed E-state index contributed by atoms with van der Waals surface area (Å²) >= 11 is 0. The van der Waals surface area contributed by atoms with Crippen LogP contribution in [0.15, 0.2) is 53.5 Å². The van der Waals surface area contributed by atoms with Crippen LogP contribution in [0.4, 0.5) is 0 Å². The van der Waals surface area contributed by atoms with Gasteiger partial charge < -0.3 is 20.3 Å². The van der Waals surface area contributed by atoms with E-state index in [1.54, 1.807) is 7.05 Å². The van der Waals surface area contributed by atoms with E-state index in [-0.39, 0.29) is 30.1 Å². The van der Waals surface area contributed by atoms with Gasteiger partial charge in [-0.1, -0.05) is 42.5 Å². The molecule has 0 spiro atoms. The summed E-state index contributed by atoms with van der Waals surface area (Å²) in [5, 5.41) is 6.67. The molecule has 0 fully saturated rings. The van der Waals surface area contributed by atoms with Crippen LogP contribution in [0.3, 0.4) is 0 Å². The molecule has 154 valence electrons. The van der Waals surface area contributed by atoms with E-state index in [0.29, 0.717) is 6.54 Å². The standard InChI is InChI=1S/C22H32N4O.HI/c1-17-8-6-7-9-21(17)27-18(2)14-24-22(23-3)25-15-19-10-12-20(13-11-19)16-26(4)5;/h6-13,18H,14-16H2,1-5H3,(H2,23,24,25);1H. The molecule has 0 bridgehead atoms. The molecule has 0 aliphatic rings. The quantitative estimate of drug-likeness (QED) is 0.332. The molecule has 0 aliphatic carbocycles. The second-order valence-electron chi connectivity index (χ2n) is 7.05. The molecule has 0 radical (unpaired) electrons. The molecule has 2 aromatic carbocycles. The van der Waals surface area contributed by atoms with Crippen LogP contribution < -0.4 is 15.4 Å². The normalized spacial score (nSPS) is 12.3. The summed E-state index contributed by atoms with van der Waals surface area (Å²) in [6.07, 6.45) is 0.0370. The summed E-state index contributed by atoms with van der Waals surface area (Å²) in [6.45, 7) is 6.47. The number of para-hydroxylation sites is 1. The molecular formula is C22H33IN4O. The van der Waals surface area contributed by atoms with Crippen molar-refractivity contribution < 1.29 is 4.74 Å². The molecule has 1 unspecified atom stereocenters. The van der Waals surface area contributed by atoms with Gasteiger partial charge in [0.15, 0.2) is 5.96 Å². The Balaban J connectivity index is 0.00000392. The second kappa shape index (κ2) is 12.6. The Morgan fingerprint density at radius 1 is 1.04 bits per heavy atom. The predicted molar refractivity (Wildman–Crippen MR) is 129 cm³/mol. The summed E-state index contributed by atoms with van der Waals surface area (Å²) < 4.78 is 6.00. The van der Waals surface area contributed by atoms with Gasteiger partial charge in [0.25, 0.3) is 0 Å². The van der Waals surface area contributed by atoms with Crippen molar-refractivity contribution >= 4 is 29.9 Å². The number of nitrogens with one attached hydrogen (secondary N) is 2. The Labute approximate surface area is 186 Å². The fourth-order valence-corrected chi connectivity index (χ4v) is 2.72. The predicted octanol–water partition coefficient (Wildman–Crippen LogP) is 3.81. The largest absolute Gasteiger partial charge is 0.489 e. The van der Waals surface area contributed by atoms with Crippen LogP contribution in [-0.2, 0) is 13.1 Å². The Bertz CT molecular complexity index is 732. The second-order valence-corrected chi connectivity index (χ2v) is 7.05. The highest BCUT2D eigenvalue weighted by Crippen LogP contribution is 2.17. The summed E-state index contributed by atoms with van der Waals surface area (Å²) in [5.74, 6) is 1.69. The Morgan fingerprint density at radius 2 is 1.68 bits per heavy atom. The van der Waals surface area contributed by atoms with E-state index >= 15 is 0 Å². The minimum Gasteiger partial charge on any atom is -0.489 e. The first-order valence-electron chi connectivity index (χ1n) is 9.37. The monoisotopic (exact) mass is 496 g/mol. The van der Waals surface area contributed by atoms with Crippen LogP contribution in [-0.4, -0.2) is 44.7 Å². The van der Waals surface area contributed by atoms with Crippen molar-refractivity contribution in [3.63, 3.8) is 0 Å². The average molecular weight is 496 g/mol. The zero-order valence-electron chi connectivity index (χ0n) is 17.5. The third-order valence-corrected chi connectivity index (χ3v) is 4.18. The van der Waals surface area contributed by atoms with E-state index < -0.39 is 0 Å². The van der Waals surface area contributed by atoms with Gasteiger partial charge in [0, 0.05) is 20.1 Å². The van der Waals surface area contributed by atoms with Gasteiger partial charge >= 0.3 is 0 Å². The topological polar surface area (TPSA) is 48.9 Å². The van der Waals surface area contributed by atoms with Crippen LogP contribution in [0.2, 0.25) is 0 Å². The molecule has 28 heavy (non-hydrogen) atoms. The molecule has 2 aromatic rings. The molecule has 0 aliphatic heterocycles. The molecule has 2 rings (SSSR count). The lowest BCUT2D eigenvalue weighted by atomic mass is 10.1. The fraction of sp³-hybridized carbons (Fsp3) is 0.409. The van der Waals surface area contributed by atoms with Gasteiger partial charge in [-0.3, -0.25) is 4.99 Å². The molecule has 0 saturated heterocycles. The van der Waals surface area contributed by atoms with Crippen molar-refractivity contribution in [2.75, 3.05) is 27.7 Å². The maximum Gasteiger partial charge on any atom is 0.191 e. The first-order chi connectivity index (χ1) is 13.0. The zero-order valence-corrected chi connectivity index (χ0v) is 19.9. The maximum absolute atomic E-state index is 6.00. The lowest BCUT2D eigenvalue weighted by molar-refractivity contribution is 0.222. The molecule has 1 atom stereocenters. The number of halogens is 1. The van der Waals surface area contributed by atoms with E-state index in [2.05, 4.69) is 78.8 Å². The third kappa shape index (κ3) is 8.48. The number of guanidine groups is 1. The molecule has 0 amide bonds. The van der Waals surface area contributed by atoms with Crippen molar-refractivity contribution in [3.8, 4) is 5.75 Å². The van der Waals surface area contributed by atoms with Crippen molar-refractivity contribution in [2.24, 2.45) is 4.99 Å². The summed E-state index contributed by atoms with van der Waals surface area (Å²) in [7, 11) is 5.94. The van der Waals surface area contributed by atoms with Gasteiger partial charge in [-0.25, -0.2) is 0 Å². The van der Waals surface area contributed by atoms with Gasteiger partial charge in [-0.2, -0.15) is 0 Å². The first-order valence-corrected chi connectivity index (χ1v) is 9.37. The summed E-state index contributed by atoms with van der Waals surface area (Å²) in [5.41, 5.74) is 3.68. The van der Waals surface area contributed by atoms with E-state index in [0.717, 1.165) is 30.4 Å². The number of benzene rings is 2. The molecule has 2 N–H and O–H groups in total. The van der Waals surface area contributed by atoms with Gasteiger partial charge in [-0.05, 0) is 50.7 Å². The zero-order chi connectivity index (χ0) is 19.6. The molecular weight excluding hydrogens is 463 g/mol. The third-order valence-electron chi connectivity index (χ3n) is 4.18. The van der Waals surface area contributed by atoms with E-state index in [4.69, 9.17) is 4.74 Å².